The number of hydrogen-bond acceptors (Lipinski definition) is 2. The molecule has 21 heavy (non-hydrogen) atoms. The summed E-state index contributed by atoms with van der Waals surface area (Å²) in [6, 6.07) is 10.2. The summed E-state index contributed by atoms with van der Waals surface area (Å²) >= 11 is 0. The summed E-state index contributed by atoms with van der Waals surface area (Å²) in [5.41, 5.74) is 1.18. The highest BCUT2D eigenvalue weighted by molar-refractivity contribution is 5.97. The zero-order chi connectivity index (χ0) is 14.3. The van der Waals surface area contributed by atoms with Gasteiger partial charge in [0.15, 0.2) is 0 Å². The molecule has 1 aliphatic carbocycles. The molecule has 3 fully saturated rings. The smallest absolute Gasteiger partial charge is 0.228 e. The molecular weight excluding hydrogens is 260 g/mol. The number of piperidine rings is 1. The second-order valence-electron chi connectivity index (χ2n) is 7.06. The number of anilines is 1. The fourth-order valence-electron chi connectivity index (χ4n) is 4.09. The van der Waals surface area contributed by atoms with Crippen LogP contribution in [0, 0.1) is 5.92 Å². The lowest BCUT2D eigenvalue weighted by molar-refractivity contribution is -0.118. The molecule has 3 aliphatic rings. The number of likely N-dealkylation sites (tertiary alicyclic amines) is 1. The molecule has 1 aromatic carbocycles. The first-order valence-corrected chi connectivity index (χ1v) is 8.37. The molecule has 1 spiro atoms. The highest BCUT2D eigenvalue weighted by atomic mass is 16.2. The second-order valence-corrected chi connectivity index (χ2v) is 7.06. The molecule has 1 saturated carbocycles. The van der Waals surface area contributed by atoms with Crippen LogP contribution in [0.2, 0.25) is 0 Å². The molecule has 3 nitrogen and oxygen atoms in total. The van der Waals surface area contributed by atoms with Crippen LogP contribution in [-0.4, -0.2) is 36.0 Å². The maximum atomic E-state index is 12.6. The number of carbonyl (C=O) groups excluding carboxylic acids is 1. The maximum absolute atomic E-state index is 12.6. The molecular formula is C18H24N2O. The average molecular weight is 284 g/mol. The van der Waals surface area contributed by atoms with Gasteiger partial charge in [0, 0.05) is 30.7 Å². The van der Waals surface area contributed by atoms with Crippen LogP contribution >= 0.6 is 0 Å². The molecule has 0 aromatic heterocycles. The molecule has 2 saturated heterocycles. The van der Waals surface area contributed by atoms with Gasteiger partial charge in [0.05, 0.1) is 0 Å². The van der Waals surface area contributed by atoms with Gasteiger partial charge >= 0.3 is 0 Å². The molecule has 1 aromatic rings. The molecule has 0 unspecified atom stereocenters. The van der Waals surface area contributed by atoms with E-state index in [2.05, 4.69) is 17.0 Å². The van der Waals surface area contributed by atoms with E-state index in [1.807, 2.05) is 23.1 Å². The summed E-state index contributed by atoms with van der Waals surface area (Å²) in [6.45, 7) is 3.30. The first-order chi connectivity index (χ1) is 10.3. The highest BCUT2D eigenvalue weighted by Crippen LogP contribution is 2.41. The number of carbonyl (C=O) groups is 1. The first kappa shape index (κ1) is 13.3. The Hall–Kier alpha value is -1.35. The van der Waals surface area contributed by atoms with Gasteiger partial charge in [0.25, 0.3) is 0 Å². The van der Waals surface area contributed by atoms with E-state index in [-0.39, 0.29) is 5.54 Å². The van der Waals surface area contributed by atoms with Crippen molar-refractivity contribution in [2.75, 3.05) is 24.5 Å². The van der Waals surface area contributed by atoms with Gasteiger partial charge < -0.3 is 4.90 Å². The topological polar surface area (TPSA) is 23.6 Å². The van der Waals surface area contributed by atoms with E-state index in [0.717, 1.165) is 18.2 Å². The van der Waals surface area contributed by atoms with Crippen molar-refractivity contribution in [3.8, 4) is 0 Å². The first-order valence-electron chi connectivity index (χ1n) is 8.37. The van der Waals surface area contributed by atoms with E-state index >= 15 is 0 Å². The summed E-state index contributed by atoms with van der Waals surface area (Å²) in [4.78, 5) is 17.3. The lowest BCUT2D eigenvalue weighted by Gasteiger charge is -2.44. The van der Waals surface area contributed by atoms with E-state index in [9.17, 15) is 4.79 Å². The molecule has 2 aliphatic heterocycles. The van der Waals surface area contributed by atoms with Crippen molar-refractivity contribution in [3.05, 3.63) is 30.3 Å². The monoisotopic (exact) mass is 284 g/mol. The zero-order valence-corrected chi connectivity index (χ0v) is 12.6. The van der Waals surface area contributed by atoms with Gasteiger partial charge in [0.1, 0.15) is 0 Å². The number of benzene rings is 1. The zero-order valence-electron chi connectivity index (χ0n) is 12.6. The van der Waals surface area contributed by atoms with Gasteiger partial charge in [-0.05, 0) is 50.3 Å². The van der Waals surface area contributed by atoms with Crippen LogP contribution in [0.4, 0.5) is 5.69 Å². The second kappa shape index (κ2) is 5.13. The van der Waals surface area contributed by atoms with Crippen LogP contribution in [0.25, 0.3) is 0 Å². The lowest BCUT2D eigenvalue weighted by Crippen LogP contribution is -2.54. The molecule has 4 rings (SSSR count). The Morgan fingerprint density at radius 2 is 1.95 bits per heavy atom. The Morgan fingerprint density at radius 1 is 1.14 bits per heavy atom. The molecule has 1 amide bonds. The number of amides is 1. The summed E-state index contributed by atoms with van der Waals surface area (Å²) in [5, 5.41) is 0. The van der Waals surface area contributed by atoms with Crippen molar-refractivity contribution in [3.63, 3.8) is 0 Å². The lowest BCUT2D eigenvalue weighted by atomic mass is 9.85. The van der Waals surface area contributed by atoms with E-state index in [0.29, 0.717) is 12.3 Å². The third kappa shape index (κ3) is 2.48. The van der Waals surface area contributed by atoms with Crippen molar-refractivity contribution >= 4 is 11.6 Å². The van der Waals surface area contributed by atoms with Crippen molar-refractivity contribution in [1.82, 2.24) is 4.90 Å². The molecule has 2 heterocycles. The quantitative estimate of drug-likeness (QED) is 0.851. The standard InChI is InChI=1S/C18H24N2O/c21-17-12-18(14-20(17)16-6-2-1-3-7-16)10-4-5-11-19(18)13-15-8-9-15/h1-3,6-7,15H,4-5,8-14H2/t18-/m0/s1. The minimum absolute atomic E-state index is 0.119. The molecule has 112 valence electrons. The van der Waals surface area contributed by atoms with Crippen LogP contribution in [0.3, 0.4) is 0 Å². The number of para-hydroxylation sites is 1. The van der Waals surface area contributed by atoms with E-state index < -0.39 is 0 Å². The van der Waals surface area contributed by atoms with Crippen LogP contribution in [0.5, 0.6) is 0 Å². The van der Waals surface area contributed by atoms with Crippen LogP contribution < -0.4 is 4.90 Å². The van der Waals surface area contributed by atoms with Gasteiger partial charge in [-0.2, -0.15) is 0 Å². The normalized spacial score (nSPS) is 30.3. The summed E-state index contributed by atoms with van der Waals surface area (Å²) < 4.78 is 0. The van der Waals surface area contributed by atoms with Gasteiger partial charge in [0.2, 0.25) is 5.91 Å². The summed E-state index contributed by atoms with van der Waals surface area (Å²) in [6.07, 6.45) is 7.26. The van der Waals surface area contributed by atoms with Crippen molar-refractivity contribution in [2.24, 2.45) is 5.92 Å². The Morgan fingerprint density at radius 3 is 2.71 bits per heavy atom. The summed E-state index contributed by atoms with van der Waals surface area (Å²) in [5.74, 6) is 1.21. The van der Waals surface area contributed by atoms with Crippen molar-refractivity contribution < 1.29 is 4.79 Å². The van der Waals surface area contributed by atoms with Crippen molar-refractivity contribution in [2.45, 2.75) is 44.1 Å². The van der Waals surface area contributed by atoms with Crippen LogP contribution in [-0.2, 0) is 4.79 Å². The SMILES string of the molecule is O=C1C[C@@]2(CCCCN2CC2CC2)CN1c1ccccc1. The average Bonchev–Trinajstić information content (AvgIpc) is 3.26. The minimum Gasteiger partial charge on any atom is -0.310 e. The van der Waals surface area contributed by atoms with Gasteiger partial charge in [-0.3, -0.25) is 9.69 Å². The number of rotatable bonds is 3. The van der Waals surface area contributed by atoms with Gasteiger partial charge in [-0.1, -0.05) is 24.6 Å². The molecule has 3 heteroatoms. The van der Waals surface area contributed by atoms with Crippen molar-refractivity contribution in [1.29, 1.82) is 0 Å². The largest absolute Gasteiger partial charge is 0.310 e. The predicted molar refractivity (Wildman–Crippen MR) is 84.3 cm³/mol. The van der Waals surface area contributed by atoms with Crippen LogP contribution in [0.15, 0.2) is 30.3 Å². The predicted octanol–water partition coefficient (Wildman–Crippen LogP) is 3.06. The number of hydrogen-bond donors (Lipinski definition) is 0. The van der Waals surface area contributed by atoms with E-state index in [4.69, 9.17) is 0 Å². The molecule has 0 bridgehead atoms. The Kier molecular flexibility index (Phi) is 3.26. The van der Waals surface area contributed by atoms with E-state index in [1.54, 1.807) is 0 Å². The molecule has 1 atom stereocenters. The highest BCUT2D eigenvalue weighted by Gasteiger charge is 2.49. The van der Waals surface area contributed by atoms with Crippen LogP contribution in [0.1, 0.15) is 38.5 Å². The third-order valence-electron chi connectivity index (χ3n) is 5.47. The fourth-order valence-corrected chi connectivity index (χ4v) is 4.09. The third-order valence-corrected chi connectivity index (χ3v) is 5.47. The Balaban J connectivity index is 1.57. The Bertz CT molecular complexity index is 525. The minimum atomic E-state index is 0.119. The van der Waals surface area contributed by atoms with E-state index in [1.165, 1.54) is 45.2 Å². The molecule has 0 N–H and O–H groups in total. The number of nitrogens with zero attached hydrogens (tertiary/aromatic N) is 2. The van der Waals surface area contributed by atoms with Gasteiger partial charge in [-0.15, -0.1) is 0 Å². The fraction of sp³-hybridized carbons (Fsp3) is 0.611. The van der Waals surface area contributed by atoms with Gasteiger partial charge in [-0.25, -0.2) is 0 Å². The summed E-state index contributed by atoms with van der Waals surface area (Å²) in [7, 11) is 0. The Labute approximate surface area is 126 Å². The maximum Gasteiger partial charge on any atom is 0.228 e. The molecule has 0 radical (unpaired) electrons.